The first-order valence-electron chi connectivity index (χ1n) is 12.0. The molecule has 35 heavy (non-hydrogen) atoms. The first kappa shape index (κ1) is 27.1. The van der Waals surface area contributed by atoms with Crippen LogP contribution in [0.3, 0.4) is 0 Å². The van der Waals surface area contributed by atoms with Crippen LogP contribution in [0.25, 0.3) is 11.1 Å². The van der Waals surface area contributed by atoms with Gasteiger partial charge in [-0.2, -0.15) is 0 Å². The second-order valence-corrected chi connectivity index (χ2v) is 13.3. The van der Waals surface area contributed by atoms with Gasteiger partial charge in [0, 0.05) is 24.1 Å². The fourth-order valence-electron chi connectivity index (χ4n) is 4.21. The largest absolute Gasteiger partial charge is 0.489 e. The smallest absolute Gasteiger partial charge is 0.198 e. The van der Waals surface area contributed by atoms with Crippen molar-refractivity contribution >= 4 is 7.37 Å². The fraction of sp³-hybridized carbons (Fsp3) is 0.414. The number of hydrogen-bond acceptors (Lipinski definition) is 3. The molecule has 1 N–H and O–H groups in total. The Morgan fingerprint density at radius 2 is 1.80 bits per heavy atom. The van der Waals surface area contributed by atoms with Crippen LogP contribution >= 0.6 is 7.37 Å². The fourth-order valence-corrected chi connectivity index (χ4v) is 5.44. The summed E-state index contributed by atoms with van der Waals surface area (Å²) in [6.07, 6.45) is 1.52. The van der Waals surface area contributed by atoms with Gasteiger partial charge in [-0.1, -0.05) is 65.0 Å². The maximum absolute atomic E-state index is 14.8. The molecule has 2 aromatic carbocycles. The third-order valence-electron chi connectivity index (χ3n) is 6.61. The van der Waals surface area contributed by atoms with E-state index >= 15 is 0 Å². The second-order valence-electron chi connectivity index (χ2n) is 10.8. The van der Waals surface area contributed by atoms with E-state index in [1.807, 2.05) is 50.2 Å². The number of nitrogens with zero attached hydrogens (tertiary/aromatic N) is 1. The Hall–Kier alpha value is -2.49. The summed E-state index contributed by atoms with van der Waals surface area (Å²) in [5, 5.41) is 0. The molecule has 0 fully saturated rings. The Kier molecular flexibility index (Phi) is 8.24. The maximum atomic E-state index is 14.8. The van der Waals surface area contributed by atoms with Gasteiger partial charge >= 0.3 is 0 Å². The van der Waals surface area contributed by atoms with Gasteiger partial charge in [0.1, 0.15) is 18.2 Å². The van der Waals surface area contributed by atoms with Crippen molar-refractivity contribution < 1.29 is 18.6 Å². The average Bonchev–Trinajstić information content (AvgIpc) is 2.77. The molecule has 3 rings (SSSR count). The zero-order valence-electron chi connectivity index (χ0n) is 21.8. The predicted molar refractivity (Wildman–Crippen MR) is 142 cm³/mol. The van der Waals surface area contributed by atoms with Crippen LogP contribution in [0.5, 0.6) is 5.75 Å². The summed E-state index contributed by atoms with van der Waals surface area (Å²) in [4.78, 5) is 13.8. The zero-order valence-corrected chi connectivity index (χ0v) is 22.7. The molecular formula is C29H37FNO3P. The average molecular weight is 498 g/mol. The molecule has 6 heteroatoms. The lowest BCUT2D eigenvalue weighted by atomic mass is 9.75. The molecule has 0 saturated carbocycles. The van der Waals surface area contributed by atoms with Gasteiger partial charge in [-0.25, -0.2) is 4.39 Å². The van der Waals surface area contributed by atoms with Gasteiger partial charge < -0.3 is 9.63 Å². The Morgan fingerprint density at radius 3 is 2.46 bits per heavy atom. The molecule has 0 spiro atoms. The van der Waals surface area contributed by atoms with Crippen molar-refractivity contribution in [2.24, 2.45) is 5.41 Å². The van der Waals surface area contributed by atoms with Gasteiger partial charge in [-0.05, 0) is 64.6 Å². The van der Waals surface area contributed by atoms with Gasteiger partial charge in [0.05, 0.1) is 6.20 Å². The van der Waals surface area contributed by atoms with Crippen molar-refractivity contribution in [3.63, 3.8) is 0 Å². The van der Waals surface area contributed by atoms with E-state index in [1.54, 1.807) is 6.07 Å². The van der Waals surface area contributed by atoms with Gasteiger partial charge in [0.15, 0.2) is 7.37 Å². The summed E-state index contributed by atoms with van der Waals surface area (Å²) in [6, 6.07) is 15.6. The summed E-state index contributed by atoms with van der Waals surface area (Å²) >= 11 is 0. The van der Waals surface area contributed by atoms with Gasteiger partial charge in [0.25, 0.3) is 0 Å². The predicted octanol–water partition coefficient (Wildman–Crippen LogP) is 7.93. The highest BCUT2D eigenvalue weighted by atomic mass is 31.2. The van der Waals surface area contributed by atoms with Crippen LogP contribution in [-0.4, -0.2) is 22.7 Å². The quantitative estimate of drug-likeness (QED) is 0.321. The van der Waals surface area contributed by atoms with E-state index in [1.165, 1.54) is 12.9 Å². The van der Waals surface area contributed by atoms with Crippen LogP contribution in [0.1, 0.15) is 68.8 Å². The maximum Gasteiger partial charge on any atom is 0.198 e. The van der Waals surface area contributed by atoms with Crippen molar-refractivity contribution in [1.82, 2.24) is 4.98 Å². The summed E-state index contributed by atoms with van der Waals surface area (Å²) in [5.41, 5.74) is 5.25. The van der Waals surface area contributed by atoms with Crippen molar-refractivity contribution in [2.45, 2.75) is 60.0 Å². The first-order valence-corrected chi connectivity index (χ1v) is 14.3. The van der Waals surface area contributed by atoms with Crippen LogP contribution in [0, 0.1) is 18.2 Å². The van der Waals surface area contributed by atoms with E-state index in [-0.39, 0.29) is 29.2 Å². The lowest BCUT2D eigenvalue weighted by molar-refractivity contribution is 0.304. The van der Waals surface area contributed by atoms with Crippen molar-refractivity contribution in [3.8, 4) is 16.9 Å². The molecule has 0 saturated heterocycles. The van der Waals surface area contributed by atoms with E-state index in [2.05, 4.69) is 38.7 Å². The van der Waals surface area contributed by atoms with Crippen molar-refractivity contribution in [3.05, 3.63) is 82.9 Å². The van der Waals surface area contributed by atoms with Gasteiger partial charge in [-0.3, -0.25) is 9.55 Å². The highest BCUT2D eigenvalue weighted by Crippen LogP contribution is 2.42. The molecule has 0 amide bonds. The van der Waals surface area contributed by atoms with Crippen LogP contribution < -0.4 is 4.74 Å². The van der Waals surface area contributed by atoms with Crippen LogP contribution in [-0.2, 0) is 11.2 Å². The monoisotopic (exact) mass is 497 g/mol. The Morgan fingerprint density at radius 1 is 1.09 bits per heavy atom. The number of hydrogen-bond donors (Lipinski definition) is 1. The Balaban J connectivity index is 1.90. The number of aryl methyl sites for hydroxylation is 1. The lowest BCUT2D eigenvalue weighted by Gasteiger charge is -2.30. The number of ether oxygens (including phenoxy) is 1. The standard InChI is InChI=1S/C29H37FNO3P/c1-19(18-35(7,32)33)23-9-8-10-24(15-23)34-17-22-11-12-25(26(14-22)21(3)29(4,5)6)27-13-20(2)31-16-28(27)30/h8-16,19,21H,17-18H2,1-7H3,(H,32,33)/t19?,21-/m1/s1. The van der Waals surface area contributed by atoms with Gasteiger partial charge in [0.2, 0.25) is 0 Å². The number of pyridine rings is 1. The molecule has 0 radical (unpaired) electrons. The number of aromatic nitrogens is 1. The summed E-state index contributed by atoms with van der Waals surface area (Å²) in [6.45, 7) is 14.3. The summed E-state index contributed by atoms with van der Waals surface area (Å²) < 4.78 is 32.7. The van der Waals surface area contributed by atoms with E-state index in [9.17, 15) is 13.8 Å². The second kappa shape index (κ2) is 10.6. The van der Waals surface area contributed by atoms with E-state index in [0.29, 0.717) is 17.9 Å². The third-order valence-corrected chi connectivity index (χ3v) is 7.83. The van der Waals surface area contributed by atoms with E-state index in [0.717, 1.165) is 27.9 Å². The molecule has 0 aliphatic rings. The van der Waals surface area contributed by atoms with Crippen LogP contribution in [0.2, 0.25) is 0 Å². The van der Waals surface area contributed by atoms with Crippen LogP contribution in [0.4, 0.5) is 4.39 Å². The molecule has 0 aliphatic heterocycles. The SMILES string of the molecule is Cc1cc(-c2ccc(COc3cccc(C(C)CP(C)(=O)O)c3)cc2[C@@H](C)C(C)(C)C)c(F)cn1. The van der Waals surface area contributed by atoms with E-state index < -0.39 is 7.37 Å². The summed E-state index contributed by atoms with van der Waals surface area (Å²) in [7, 11) is -3.10. The lowest BCUT2D eigenvalue weighted by Crippen LogP contribution is -2.16. The van der Waals surface area contributed by atoms with Crippen molar-refractivity contribution in [2.75, 3.05) is 12.8 Å². The number of halogens is 1. The number of rotatable bonds is 8. The van der Waals surface area contributed by atoms with E-state index in [4.69, 9.17) is 4.74 Å². The highest BCUT2D eigenvalue weighted by Gasteiger charge is 2.26. The normalized spacial score (nSPS) is 15.3. The molecule has 1 heterocycles. The molecule has 3 atom stereocenters. The molecule has 188 valence electrons. The Labute approximate surface area is 209 Å². The molecule has 3 aromatic rings. The minimum absolute atomic E-state index is 0.0112. The molecule has 0 bridgehead atoms. The highest BCUT2D eigenvalue weighted by molar-refractivity contribution is 7.57. The topological polar surface area (TPSA) is 59.4 Å². The minimum atomic E-state index is -3.10. The molecule has 2 unspecified atom stereocenters. The van der Waals surface area contributed by atoms with Gasteiger partial charge in [-0.15, -0.1) is 0 Å². The zero-order chi connectivity index (χ0) is 26.0. The van der Waals surface area contributed by atoms with Crippen LogP contribution in [0.15, 0.2) is 54.7 Å². The molecule has 1 aromatic heterocycles. The minimum Gasteiger partial charge on any atom is -0.489 e. The molecule has 4 nitrogen and oxygen atoms in total. The first-order chi connectivity index (χ1) is 16.2. The summed E-state index contributed by atoms with van der Waals surface area (Å²) in [5.74, 6) is 0.519. The molecular weight excluding hydrogens is 460 g/mol. The third kappa shape index (κ3) is 7.25. The van der Waals surface area contributed by atoms with Crippen molar-refractivity contribution in [1.29, 1.82) is 0 Å². The Bertz CT molecular complexity index is 1230. The number of benzene rings is 2. The molecule has 0 aliphatic carbocycles.